The Hall–Kier alpha value is -2.04. The Labute approximate surface area is 156 Å². The molecule has 1 aliphatic carbocycles. The van der Waals surface area contributed by atoms with Gasteiger partial charge in [0.05, 0.1) is 0 Å². The minimum Gasteiger partial charge on any atom is -0.341 e. The highest BCUT2D eigenvalue weighted by Gasteiger charge is 2.28. The zero-order valence-electron chi connectivity index (χ0n) is 15.7. The maximum atomic E-state index is 12.7. The number of carbonyl (C=O) groups is 2. The molecule has 3 rings (SSSR count). The molecule has 2 fully saturated rings. The van der Waals surface area contributed by atoms with Gasteiger partial charge in [0, 0.05) is 38.6 Å². The summed E-state index contributed by atoms with van der Waals surface area (Å²) in [5.41, 5.74) is 1.23. The van der Waals surface area contributed by atoms with Gasteiger partial charge in [0.15, 0.2) is 0 Å². The minimum atomic E-state index is -0.00658. The molecule has 0 aromatic heterocycles. The fraction of sp³-hybridized carbons (Fsp3) is 0.619. The van der Waals surface area contributed by atoms with Crippen LogP contribution in [0.2, 0.25) is 0 Å². The lowest BCUT2D eigenvalue weighted by molar-refractivity contribution is -0.136. The van der Waals surface area contributed by atoms with Gasteiger partial charge in [-0.2, -0.15) is 0 Å². The van der Waals surface area contributed by atoms with Crippen molar-refractivity contribution < 1.29 is 9.59 Å². The molecule has 26 heavy (non-hydrogen) atoms. The first-order valence-electron chi connectivity index (χ1n) is 10.1. The summed E-state index contributed by atoms with van der Waals surface area (Å²) in [5, 5.41) is 3.02. The molecule has 1 aromatic rings. The fourth-order valence-electron chi connectivity index (χ4n) is 4.02. The Morgan fingerprint density at radius 2 is 1.58 bits per heavy atom. The Morgan fingerprint density at radius 3 is 2.35 bits per heavy atom. The topological polar surface area (TPSA) is 52.7 Å². The van der Waals surface area contributed by atoms with Gasteiger partial charge in [-0.15, -0.1) is 0 Å². The lowest BCUT2D eigenvalue weighted by Gasteiger charge is -2.28. The third kappa shape index (κ3) is 5.23. The van der Waals surface area contributed by atoms with Crippen molar-refractivity contribution in [3.63, 3.8) is 0 Å². The smallest absolute Gasteiger partial charge is 0.317 e. The molecule has 5 heteroatoms. The number of nitrogens with one attached hydrogen (secondary N) is 1. The molecule has 0 spiro atoms. The molecule has 1 aliphatic heterocycles. The first kappa shape index (κ1) is 18.7. The molecule has 1 saturated carbocycles. The Balaban J connectivity index is 1.42. The van der Waals surface area contributed by atoms with Gasteiger partial charge in [0.25, 0.3) is 0 Å². The van der Waals surface area contributed by atoms with Crippen LogP contribution in [0.15, 0.2) is 30.3 Å². The summed E-state index contributed by atoms with van der Waals surface area (Å²) in [7, 11) is 0. The van der Waals surface area contributed by atoms with Crippen molar-refractivity contribution in [2.75, 3.05) is 32.7 Å². The average molecular weight is 357 g/mol. The van der Waals surface area contributed by atoms with Gasteiger partial charge in [-0.25, -0.2) is 4.79 Å². The van der Waals surface area contributed by atoms with E-state index in [0.717, 1.165) is 38.8 Å². The zero-order valence-corrected chi connectivity index (χ0v) is 15.7. The molecule has 1 saturated heterocycles. The second-order valence-electron chi connectivity index (χ2n) is 7.47. The monoisotopic (exact) mass is 357 g/mol. The van der Waals surface area contributed by atoms with Gasteiger partial charge in [-0.3, -0.25) is 4.79 Å². The first-order chi connectivity index (χ1) is 12.7. The quantitative estimate of drug-likeness (QED) is 0.900. The molecule has 3 amide bonds. The van der Waals surface area contributed by atoms with E-state index in [1.165, 1.54) is 24.8 Å². The van der Waals surface area contributed by atoms with E-state index in [-0.39, 0.29) is 11.9 Å². The van der Waals surface area contributed by atoms with Crippen LogP contribution in [0.4, 0.5) is 4.79 Å². The number of carbonyl (C=O) groups excluding carboxylic acids is 2. The van der Waals surface area contributed by atoms with E-state index in [4.69, 9.17) is 0 Å². The van der Waals surface area contributed by atoms with Crippen LogP contribution in [0.25, 0.3) is 0 Å². The van der Waals surface area contributed by atoms with Gasteiger partial charge in [-0.05, 0) is 31.2 Å². The molecule has 2 aliphatic rings. The average Bonchev–Trinajstić information content (AvgIpc) is 2.95. The highest BCUT2D eigenvalue weighted by Crippen LogP contribution is 2.25. The number of amides is 3. The van der Waals surface area contributed by atoms with Crippen LogP contribution in [-0.2, 0) is 11.2 Å². The highest BCUT2D eigenvalue weighted by atomic mass is 16.2. The standard InChI is InChI=1S/C21H31N3O2/c25-20(19-10-5-2-6-11-19)23-14-7-15-24(17-16-23)21(26)22-13-12-18-8-3-1-4-9-18/h1,3-4,8-9,19H,2,5-7,10-17H2,(H,22,26). The molecule has 0 atom stereocenters. The van der Waals surface area contributed by atoms with Crippen molar-refractivity contribution in [1.82, 2.24) is 15.1 Å². The van der Waals surface area contributed by atoms with Crippen LogP contribution >= 0.6 is 0 Å². The van der Waals surface area contributed by atoms with Crippen LogP contribution in [0.1, 0.15) is 44.1 Å². The SMILES string of the molecule is O=C(NCCc1ccccc1)N1CCCN(C(=O)C2CCCCC2)CC1. The Kier molecular flexibility index (Phi) is 6.92. The molecular formula is C21H31N3O2. The van der Waals surface area contributed by atoms with E-state index >= 15 is 0 Å². The predicted molar refractivity (Wildman–Crippen MR) is 103 cm³/mol. The number of rotatable bonds is 4. The summed E-state index contributed by atoms with van der Waals surface area (Å²) >= 11 is 0. The van der Waals surface area contributed by atoms with Crippen molar-refractivity contribution in [2.45, 2.75) is 44.9 Å². The summed E-state index contributed by atoms with van der Waals surface area (Å²) in [6.07, 6.45) is 7.41. The second kappa shape index (κ2) is 9.60. The Morgan fingerprint density at radius 1 is 0.885 bits per heavy atom. The predicted octanol–water partition coefficient (Wildman–Crippen LogP) is 3.05. The van der Waals surface area contributed by atoms with Crippen LogP contribution < -0.4 is 5.32 Å². The number of nitrogens with zero attached hydrogens (tertiary/aromatic N) is 2. The van der Waals surface area contributed by atoms with Crippen molar-refractivity contribution in [3.05, 3.63) is 35.9 Å². The van der Waals surface area contributed by atoms with Crippen molar-refractivity contribution in [2.24, 2.45) is 5.92 Å². The number of hydrogen-bond acceptors (Lipinski definition) is 2. The molecular weight excluding hydrogens is 326 g/mol. The number of benzene rings is 1. The van der Waals surface area contributed by atoms with Gasteiger partial charge in [0.2, 0.25) is 5.91 Å². The molecule has 5 nitrogen and oxygen atoms in total. The van der Waals surface area contributed by atoms with E-state index in [1.807, 2.05) is 28.0 Å². The van der Waals surface area contributed by atoms with Gasteiger partial charge in [-0.1, -0.05) is 49.6 Å². The van der Waals surface area contributed by atoms with Crippen LogP contribution in [0.3, 0.4) is 0 Å². The summed E-state index contributed by atoms with van der Waals surface area (Å²) in [4.78, 5) is 29.0. The number of hydrogen-bond donors (Lipinski definition) is 1. The first-order valence-corrected chi connectivity index (χ1v) is 10.1. The van der Waals surface area contributed by atoms with Crippen molar-refractivity contribution in [3.8, 4) is 0 Å². The van der Waals surface area contributed by atoms with E-state index in [9.17, 15) is 9.59 Å². The minimum absolute atomic E-state index is 0.00658. The molecule has 1 N–H and O–H groups in total. The van der Waals surface area contributed by atoms with E-state index in [0.29, 0.717) is 25.5 Å². The molecule has 0 bridgehead atoms. The van der Waals surface area contributed by atoms with Gasteiger partial charge < -0.3 is 15.1 Å². The van der Waals surface area contributed by atoms with Crippen LogP contribution in [0, 0.1) is 5.92 Å². The van der Waals surface area contributed by atoms with Gasteiger partial charge in [0.1, 0.15) is 0 Å². The second-order valence-corrected chi connectivity index (χ2v) is 7.47. The molecule has 1 aromatic carbocycles. The number of urea groups is 1. The summed E-state index contributed by atoms with van der Waals surface area (Å²) < 4.78 is 0. The third-order valence-electron chi connectivity index (χ3n) is 5.58. The fourth-order valence-corrected chi connectivity index (χ4v) is 4.02. The lowest BCUT2D eigenvalue weighted by atomic mass is 9.88. The van der Waals surface area contributed by atoms with Crippen LogP contribution in [-0.4, -0.2) is 54.5 Å². The summed E-state index contributed by atoms with van der Waals surface area (Å²) in [5.74, 6) is 0.533. The van der Waals surface area contributed by atoms with Crippen molar-refractivity contribution in [1.29, 1.82) is 0 Å². The maximum absolute atomic E-state index is 12.7. The molecule has 0 radical (unpaired) electrons. The largest absolute Gasteiger partial charge is 0.341 e. The Bertz CT molecular complexity index is 584. The molecule has 1 heterocycles. The maximum Gasteiger partial charge on any atom is 0.317 e. The van der Waals surface area contributed by atoms with Crippen LogP contribution in [0.5, 0.6) is 0 Å². The normalized spacial score (nSPS) is 19.1. The van der Waals surface area contributed by atoms with Crippen molar-refractivity contribution >= 4 is 11.9 Å². The lowest BCUT2D eigenvalue weighted by Crippen LogP contribution is -2.44. The summed E-state index contributed by atoms with van der Waals surface area (Å²) in [6, 6.07) is 10.2. The van der Waals surface area contributed by atoms with Gasteiger partial charge >= 0.3 is 6.03 Å². The van der Waals surface area contributed by atoms with E-state index in [2.05, 4.69) is 17.4 Å². The van der Waals surface area contributed by atoms with E-state index < -0.39 is 0 Å². The molecule has 0 unspecified atom stereocenters. The highest BCUT2D eigenvalue weighted by molar-refractivity contribution is 5.79. The zero-order chi connectivity index (χ0) is 18.2. The van der Waals surface area contributed by atoms with E-state index in [1.54, 1.807) is 0 Å². The summed E-state index contributed by atoms with van der Waals surface area (Å²) in [6.45, 7) is 3.45. The molecule has 142 valence electrons. The third-order valence-corrected chi connectivity index (χ3v) is 5.58.